The summed E-state index contributed by atoms with van der Waals surface area (Å²) in [6, 6.07) is 33.4. The van der Waals surface area contributed by atoms with Crippen LogP contribution >= 0.6 is 11.3 Å². The van der Waals surface area contributed by atoms with E-state index in [0.29, 0.717) is 5.46 Å². The van der Waals surface area contributed by atoms with E-state index < -0.39 is 7.12 Å². The molecule has 7 aromatic rings. The van der Waals surface area contributed by atoms with Crippen molar-refractivity contribution in [2.45, 2.75) is 0 Å². The second-order valence-corrected chi connectivity index (χ2v) is 9.43. The summed E-state index contributed by atoms with van der Waals surface area (Å²) in [7, 11) is -1.51. The highest BCUT2D eigenvalue weighted by molar-refractivity contribution is 7.25. The second-order valence-electron chi connectivity index (χ2n) is 8.40. The van der Waals surface area contributed by atoms with Gasteiger partial charge in [-0.15, -0.1) is 11.3 Å². The minimum Gasteiger partial charge on any atom is -0.423 e. The minimum absolute atomic E-state index is 0.501. The number of rotatable bonds is 2. The van der Waals surface area contributed by atoms with Gasteiger partial charge in [0.15, 0.2) is 0 Å². The van der Waals surface area contributed by atoms with Crippen molar-refractivity contribution < 1.29 is 10.0 Å². The monoisotopic (exact) mass is 443 g/mol. The van der Waals surface area contributed by atoms with Crippen LogP contribution in [0.1, 0.15) is 0 Å². The van der Waals surface area contributed by atoms with Crippen molar-refractivity contribution in [1.29, 1.82) is 0 Å². The smallest absolute Gasteiger partial charge is 0.423 e. The molecule has 3 nitrogen and oxygen atoms in total. The SMILES string of the molecule is OB(O)c1ccc2c(c1)c1c3ccccc3sc1n1c3ccccc3c(-c3ccccc3)c21. The van der Waals surface area contributed by atoms with Gasteiger partial charge in [0, 0.05) is 31.8 Å². The predicted octanol–water partition coefficient (Wildman–Crippen LogP) is 5.96. The molecule has 2 N–H and O–H groups in total. The standard InChI is InChI=1S/C28H18BNO2S/c31-29(32)18-14-15-19-22(16-18)26-21-11-5-7-13-24(21)33-28(26)30-23-12-6-4-10-20(23)25(27(19)30)17-8-2-1-3-9-17/h1-16,31-32H. The van der Waals surface area contributed by atoms with Gasteiger partial charge in [-0.3, -0.25) is 4.40 Å². The number of thiophene rings is 1. The number of benzene rings is 4. The number of hydrogen-bond donors (Lipinski definition) is 2. The molecule has 0 atom stereocenters. The van der Waals surface area contributed by atoms with Crippen LogP contribution in [0.15, 0.2) is 97.1 Å². The Balaban J connectivity index is 1.84. The van der Waals surface area contributed by atoms with E-state index in [9.17, 15) is 10.0 Å². The molecular weight excluding hydrogens is 425 g/mol. The first-order chi connectivity index (χ1) is 16.2. The summed E-state index contributed by atoms with van der Waals surface area (Å²) in [5.74, 6) is 0. The average Bonchev–Trinajstić information content (AvgIpc) is 3.41. The summed E-state index contributed by atoms with van der Waals surface area (Å²) >= 11 is 1.78. The van der Waals surface area contributed by atoms with Crippen molar-refractivity contribution in [2.75, 3.05) is 0 Å². The highest BCUT2D eigenvalue weighted by Gasteiger charge is 2.22. The first-order valence-electron chi connectivity index (χ1n) is 10.9. The van der Waals surface area contributed by atoms with Crippen LogP contribution in [0.3, 0.4) is 0 Å². The third-order valence-electron chi connectivity index (χ3n) is 6.58. The van der Waals surface area contributed by atoms with Gasteiger partial charge in [0.25, 0.3) is 0 Å². The topological polar surface area (TPSA) is 44.9 Å². The van der Waals surface area contributed by atoms with E-state index in [-0.39, 0.29) is 0 Å². The molecule has 3 aromatic heterocycles. The zero-order valence-electron chi connectivity index (χ0n) is 17.6. The summed E-state index contributed by atoms with van der Waals surface area (Å²) in [6.07, 6.45) is 0. The number of aromatic nitrogens is 1. The predicted molar refractivity (Wildman–Crippen MR) is 141 cm³/mol. The van der Waals surface area contributed by atoms with Gasteiger partial charge < -0.3 is 10.0 Å². The normalized spacial score (nSPS) is 11.9. The van der Waals surface area contributed by atoms with Gasteiger partial charge in [-0.2, -0.15) is 0 Å². The van der Waals surface area contributed by atoms with Crippen LogP contribution in [0.25, 0.3) is 58.6 Å². The zero-order valence-corrected chi connectivity index (χ0v) is 18.4. The van der Waals surface area contributed by atoms with Crippen molar-refractivity contribution in [3.63, 3.8) is 0 Å². The van der Waals surface area contributed by atoms with E-state index in [4.69, 9.17) is 0 Å². The summed E-state index contributed by atoms with van der Waals surface area (Å²) < 4.78 is 3.62. The Morgan fingerprint density at radius 2 is 1.39 bits per heavy atom. The summed E-state index contributed by atoms with van der Waals surface area (Å²) in [5.41, 5.74) is 5.20. The molecule has 4 aromatic carbocycles. The van der Waals surface area contributed by atoms with Crippen LogP contribution in [-0.2, 0) is 0 Å². The lowest BCUT2D eigenvalue weighted by molar-refractivity contribution is 0.426. The Kier molecular flexibility index (Phi) is 3.97. The van der Waals surface area contributed by atoms with Crippen LogP contribution in [-0.4, -0.2) is 21.6 Å². The Hall–Kier alpha value is -3.64. The first-order valence-corrected chi connectivity index (χ1v) is 11.8. The fraction of sp³-hybridized carbons (Fsp3) is 0. The van der Waals surface area contributed by atoms with Gasteiger partial charge in [0.2, 0.25) is 0 Å². The number of para-hydroxylation sites is 1. The molecule has 33 heavy (non-hydrogen) atoms. The molecular formula is C28H18BNO2S. The molecule has 0 spiro atoms. The first kappa shape index (κ1) is 18.9. The summed E-state index contributed by atoms with van der Waals surface area (Å²) in [4.78, 5) is 1.17. The van der Waals surface area contributed by atoms with Crippen LogP contribution in [0.2, 0.25) is 0 Å². The van der Waals surface area contributed by atoms with Crippen LogP contribution in [0.4, 0.5) is 0 Å². The molecule has 5 heteroatoms. The lowest BCUT2D eigenvalue weighted by atomic mass is 9.79. The molecule has 156 valence electrons. The van der Waals surface area contributed by atoms with E-state index in [1.807, 2.05) is 24.3 Å². The molecule has 0 aliphatic heterocycles. The molecule has 0 unspecified atom stereocenters. The van der Waals surface area contributed by atoms with Crippen molar-refractivity contribution in [1.82, 2.24) is 4.40 Å². The van der Waals surface area contributed by atoms with E-state index >= 15 is 0 Å². The van der Waals surface area contributed by atoms with E-state index in [0.717, 1.165) is 21.7 Å². The number of nitrogens with zero attached hydrogens (tertiary/aromatic N) is 1. The third kappa shape index (κ3) is 2.58. The van der Waals surface area contributed by atoms with Crippen LogP contribution in [0, 0.1) is 0 Å². The summed E-state index contributed by atoms with van der Waals surface area (Å²) in [6.45, 7) is 0. The third-order valence-corrected chi connectivity index (χ3v) is 7.74. The van der Waals surface area contributed by atoms with E-state index in [1.165, 1.54) is 36.9 Å². The second kappa shape index (κ2) is 6.93. The Labute approximate surface area is 193 Å². The molecule has 0 fully saturated rings. The Morgan fingerprint density at radius 3 is 2.21 bits per heavy atom. The molecule has 0 saturated heterocycles. The minimum atomic E-state index is -1.51. The molecule has 0 saturated carbocycles. The van der Waals surface area contributed by atoms with Gasteiger partial charge in [-0.25, -0.2) is 0 Å². The van der Waals surface area contributed by atoms with Crippen molar-refractivity contribution in [2.24, 2.45) is 0 Å². The average molecular weight is 443 g/mol. The van der Waals surface area contributed by atoms with Crippen molar-refractivity contribution >= 4 is 71.4 Å². The molecule has 3 heterocycles. The van der Waals surface area contributed by atoms with Gasteiger partial charge >= 0.3 is 7.12 Å². The quantitative estimate of drug-likeness (QED) is 0.324. The fourth-order valence-corrected chi connectivity index (χ4v) is 6.43. The molecule has 0 bridgehead atoms. The highest BCUT2D eigenvalue weighted by Crippen LogP contribution is 2.46. The Morgan fingerprint density at radius 1 is 0.667 bits per heavy atom. The van der Waals surface area contributed by atoms with Crippen LogP contribution < -0.4 is 5.46 Å². The molecule has 0 aliphatic carbocycles. The lowest BCUT2D eigenvalue weighted by Gasteiger charge is -2.11. The van der Waals surface area contributed by atoms with Gasteiger partial charge in [0.05, 0.1) is 11.0 Å². The van der Waals surface area contributed by atoms with Crippen molar-refractivity contribution in [3.05, 3.63) is 97.1 Å². The van der Waals surface area contributed by atoms with Gasteiger partial charge in [-0.05, 0) is 28.5 Å². The lowest BCUT2D eigenvalue weighted by Crippen LogP contribution is -2.29. The van der Waals surface area contributed by atoms with Crippen LogP contribution in [0.5, 0.6) is 0 Å². The van der Waals surface area contributed by atoms with Gasteiger partial charge in [0.1, 0.15) is 4.83 Å². The molecule has 0 amide bonds. The maximum Gasteiger partial charge on any atom is 0.488 e. The highest BCUT2D eigenvalue weighted by atomic mass is 32.1. The molecule has 0 radical (unpaired) electrons. The number of pyridine rings is 1. The van der Waals surface area contributed by atoms with E-state index in [2.05, 4.69) is 77.2 Å². The Bertz CT molecular complexity index is 1850. The maximum absolute atomic E-state index is 9.93. The molecule has 0 aliphatic rings. The maximum atomic E-state index is 9.93. The number of hydrogen-bond acceptors (Lipinski definition) is 3. The van der Waals surface area contributed by atoms with E-state index in [1.54, 1.807) is 11.3 Å². The molecule has 7 rings (SSSR count). The number of fused-ring (bicyclic) bond motifs is 10. The van der Waals surface area contributed by atoms with Crippen molar-refractivity contribution in [3.8, 4) is 11.1 Å². The largest absolute Gasteiger partial charge is 0.488 e. The zero-order chi connectivity index (χ0) is 22.1. The fourth-order valence-electron chi connectivity index (χ4n) is 5.19. The van der Waals surface area contributed by atoms with Gasteiger partial charge in [-0.1, -0.05) is 84.9 Å². The summed E-state index contributed by atoms with van der Waals surface area (Å²) in [5, 5.41) is 25.6.